The summed E-state index contributed by atoms with van der Waals surface area (Å²) in [5, 5.41) is 4.05. The molecule has 0 bridgehead atoms. The second-order valence-electron chi connectivity index (χ2n) is 4.74. The molecule has 0 amide bonds. The summed E-state index contributed by atoms with van der Waals surface area (Å²) in [5.74, 6) is 0. The van der Waals surface area contributed by atoms with Crippen LogP contribution in [0.3, 0.4) is 0 Å². The Morgan fingerprint density at radius 3 is 2.55 bits per heavy atom. The lowest BCUT2D eigenvalue weighted by Gasteiger charge is -2.05. The Bertz CT molecular complexity index is 663. The normalized spacial score (nSPS) is 11.7. The van der Waals surface area contributed by atoms with Gasteiger partial charge in [0.05, 0.1) is 5.69 Å². The lowest BCUT2D eigenvalue weighted by Crippen LogP contribution is -2.25. The van der Waals surface area contributed by atoms with Crippen molar-refractivity contribution in [2.45, 2.75) is 24.7 Å². The van der Waals surface area contributed by atoms with E-state index in [0.717, 1.165) is 12.8 Å². The van der Waals surface area contributed by atoms with Gasteiger partial charge in [0.2, 0.25) is 10.0 Å². The lowest BCUT2D eigenvalue weighted by atomic mass is 10.1. The summed E-state index contributed by atoms with van der Waals surface area (Å²) in [5.41, 5.74) is 1.73. The maximum atomic E-state index is 12.1. The first-order chi connectivity index (χ1) is 9.49. The molecule has 20 heavy (non-hydrogen) atoms. The minimum Gasteiger partial charge on any atom is -0.274 e. The third kappa shape index (κ3) is 3.68. The first-order valence-electron chi connectivity index (χ1n) is 6.53. The van der Waals surface area contributed by atoms with Crippen LogP contribution in [0.5, 0.6) is 0 Å². The van der Waals surface area contributed by atoms with Gasteiger partial charge in [-0.15, -0.1) is 0 Å². The zero-order chi connectivity index (χ0) is 14.6. The molecule has 0 saturated carbocycles. The van der Waals surface area contributed by atoms with Crippen molar-refractivity contribution in [2.24, 2.45) is 7.05 Å². The Balaban J connectivity index is 1.89. The standard InChI is InChI=1S/C14H19N3O2S/c1-12-14(11-17(2)16-12)20(18,19)15-10-6-9-13-7-4-3-5-8-13/h3-5,7-8,11,15H,6,9-10H2,1-2H3. The van der Waals surface area contributed by atoms with Crippen LogP contribution in [-0.2, 0) is 23.5 Å². The van der Waals surface area contributed by atoms with Gasteiger partial charge < -0.3 is 0 Å². The Kier molecular flexibility index (Phi) is 4.57. The summed E-state index contributed by atoms with van der Waals surface area (Å²) in [6.07, 6.45) is 3.15. The number of nitrogens with one attached hydrogen (secondary N) is 1. The predicted molar refractivity (Wildman–Crippen MR) is 77.9 cm³/mol. The smallest absolute Gasteiger partial charge is 0.243 e. The molecule has 2 aromatic rings. The highest BCUT2D eigenvalue weighted by Gasteiger charge is 2.18. The van der Waals surface area contributed by atoms with Gasteiger partial charge in [-0.25, -0.2) is 13.1 Å². The van der Waals surface area contributed by atoms with Crippen LogP contribution in [0.15, 0.2) is 41.4 Å². The average molecular weight is 293 g/mol. The fourth-order valence-electron chi connectivity index (χ4n) is 2.06. The van der Waals surface area contributed by atoms with Crippen molar-refractivity contribution < 1.29 is 8.42 Å². The van der Waals surface area contributed by atoms with Crippen LogP contribution in [0.25, 0.3) is 0 Å². The molecule has 1 N–H and O–H groups in total. The van der Waals surface area contributed by atoms with Crippen LogP contribution in [-0.4, -0.2) is 24.7 Å². The molecule has 6 heteroatoms. The van der Waals surface area contributed by atoms with Gasteiger partial charge >= 0.3 is 0 Å². The first kappa shape index (κ1) is 14.7. The summed E-state index contributed by atoms with van der Waals surface area (Å²) in [6.45, 7) is 2.12. The van der Waals surface area contributed by atoms with Gasteiger partial charge in [0, 0.05) is 19.8 Å². The average Bonchev–Trinajstić information content (AvgIpc) is 2.76. The topological polar surface area (TPSA) is 64.0 Å². The van der Waals surface area contributed by atoms with Gasteiger partial charge in [0.25, 0.3) is 0 Å². The van der Waals surface area contributed by atoms with Gasteiger partial charge in [0.1, 0.15) is 4.90 Å². The van der Waals surface area contributed by atoms with Crippen LogP contribution in [0.2, 0.25) is 0 Å². The van der Waals surface area contributed by atoms with Gasteiger partial charge in [-0.2, -0.15) is 5.10 Å². The molecule has 0 atom stereocenters. The number of aromatic nitrogens is 2. The minimum absolute atomic E-state index is 0.250. The number of hydrogen-bond acceptors (Lipinski definition) is 3. The molecule has 0 aliphatic heterocycles. The van der Waals surface area contributed by atoms with E-state index in [9.17, 15) is 8.42 Å². The highest BCUT2D eigenvalue weighted by atomic mass is 32.2. The van der Waals surface area contributed by atoms with E-state index in [1.165, 1.54) is 16.4 Å². The van der Waals surface area contributed by atoms with Crippen molar-refractivity contribution >= 4 is 10.0 Å². The Hall–Kier alpha value is -1.66. The van der Waals surface area contributed by atoms with E-state index in [4.69, 9.17) is 0 Å². The second-order valence-corrected chi connectivity index (χ2v) is 6.47. The molecule has 0 spiro atoms. The van der Waals surface area contributed by atoms with Crippen molar-refractivity contribution in [2.75, 3.05) is 6.54 Å². The third-order valence-electron chi connectivity index (χ3n) is 3.04. The molecule has 1 aromatic heterocycles. The van der Waals surface area contributed by atoms with Gasteiger partial charge in [-0.05, 0) is 25.3 Å². The van der Waals surface area contributed by atoms with Crippen molar-refractivity contribution in [3.63, 3.8) is 0 Å². The van der Waals surface area contributed by atoms with E-state index in [-0.39, 0.29) is 4.90 Å². The molecule has 0 fully saturated rings. The van der Waals surface area contributed by atoms with Crippen LogP contribution < -0.4 is 4.72 Å². The van der Waals surface area contributed by atoms with Crippen LogP contribution >= 0.6 is 0 Å². The number of hydrogen-bond donors (Lipinski definition) is 1. The summed E-state index contributed by atoms with van der Waals surface area (Å²) >= 11 is 0. The van der Waals surface area contributed by atoms with Crippen molar-refractivity contribution in [1.82, 2.24) is 14.5 Å². The maximum absolute atomic E-state index is 12.1. The molecule has 0 saturated heterocycles. The summed E-state index contributed by atoms with van der Waals surface area (Å²) in [7, 11) is -1.75. The molecule has 5 nitrogen and oxygen atoms in total. The van der Waals surface area contributed by atoms with E-state index in [1.807, 2.05) is 30.3 Å². The molecular formula is C14H19N3O2S. The van der Waals surface area contributed by atoms with E-state index in [0.29, 0.717) is 12.2 Å². The van der Waals surface area contributed by atoms with Gasteiger partial charge in [0.15, 0.2) is 0 Å². The van der Waals surface area contributed by atoms with Crippen molar-refractivity contribution in [1.29, 1.82) is 0 Å². The summed E-state index contributed by atoms with van der Waals surface area (Å²) in [4.78, 5) is 0.250. The molecule has 1 aromatic carbocycles. The van der Waals surface area contributed by atoms with Crippen molar-refractivity contribution in [3.05, 3.63) is 47.8 Å². The van der Waals surface area contributed by atoms with Crippen LogP contribution in [0.1, 0.15) is 17.7 Å². The Labute approximate surface area is 119 Å². The number of benzene rings is 1. The van der Waals surface area contributed by atoms with Crippen molar-refractivity contribution in [3.8, 4) is 0 Å². The summed E-state index contributed by atoms with van der Waals surface area (Å²) < 4.78 is 28.4. The van der Waals surface area contributed by atoms with E-state index in [2.05, 4.69) is 9.82 Å². The maximum Gasteiger partial charge on any atom is 0.243 e. The number of sulfonamides is 1. The molecule has 0 aliphatic rings. The Morgan fingerprint density at radius 1 is 1.25 bits per heavy atom. The van der Waals surface area contributed by atoms with E-state index >= 15 is 0 Å². The van der Waals surface area contributed by atoms with E-state index < -0.39 is 10.0 Å². The fourth-order valence-corrected chi connectivity index (χ4v) is 3.35. The predicted octanol–water partition coefficient (Wildman–Crippen LogP) is 1.64. The highest BCUT2D eigenvalue weighted by molar-refractivity contribution is 7.89. The largest absolute Gasteiger partial charge is 0.274 e. The monoisotopic (exact) mass is 293 g/mol. The molecule has 1 heterocycles. The molecule has 0 unspecified atom stereocenters. The summed E-state index contributed by atoms with van der Waals surface area (Å²) in [6, 6.07) is 10.0. The Morgan fingerprint density at radius 2 is 1.95 bits per heavy atom. The highest BCUT2D eigenvalue weighted by Crippen LogP contribution is 2.12. The van der Waals surface area contributed by atoms with E-state index in [1.54, 1.807) is 14.0 Å². The molecule has 0 radical (unpaired) electrons. The van der Waals surface area contributed by atoms with Crippen LogP contribution in [0, 0.1) is 6.92 Å². The third-order valence-corrected chi connectivity index (χ3v) is 4.60. The minimum atomic E-state index is -3.46. The quantitative estimate of drug-likeness (QED) is 0.824. The molecule has 108 valence electrons. The van der Waals surface area contributed by atoms with Gasteiger partial charge in [-0.1, -0.05) is 30.3 Å². The SMILES string of the molecule is Cc1nn(C)cc1S(=O)(=O)NCCCc1ccccc1. The fraction of sp³-hybridized carbons (Fsp3) is 0.357. The molecule has 2 rings (SSSR count). The zero-order valence-corrected chi connectivity index (χ0v) is 12.5. The number of nitrogens with zero attached hydrogens (tertiary/aromatic N) is 2. The zero-order valence-electron chi connectivity index (χ0n) is 11.7. The first-order valence-corrected chi connectivity index (χ1v) is 8.01. The molecular weight excluding hydrogens is 274 g/mol. The van der Waals surface area contributed by atoms with Crippen LogP contribution in [0.4, 0.5) is 0 Å². The number of aryl methyl sites for hydroxylation is 3. The second kappa shape index (κ2) is 6.19. The lowest BCUT2D eigenvalue weighted by molar-refractivity contribution is 0.578. The molecule has 0 aliphatic carbocycles. The van der Waals surface area contributed by atoms with Gasteiger partial charge in [-0.3, -0.25) is 4.68 Å². The number of rotatable bonds is 6.